The van der Waals surface area contributed by atoms with Crippen LogP contribution in [0.15, 0.2) is 0 Å². The van der Waals surface area contributed by atoms with Crippen molar-refractivity contribution in [3.05, 3.63) is 0 Å². The minimum absolute atomic E-state index is 0.472. The zero-order valence-electron chi connectivity index (χ0n) is 6.66. The van der Waals surface area contributed by atoms with Gasteiger partial charge in [-0.1, -0.05) is 0 Å². The summed E-state index contributed by atoms with van der Waals surface area (Å²) in [5.41, 5.74) is 0.472. The molecule has 4 saturated carbocycles. The van der Waals surface area contributed by atoms with E-state index in [4.69, 9.17) is 0 Å². The molecule has 0 amide bonds. The molecule has 60 valence electrons. The molecule has 4 fully saturated rings. The second-order valence-electron chi connectivity index (χ2n) is 5.27. The lowest BCUT2D eigenvalue weighted by Gasteiger charge is -2.26. The number of hydrogen-bond donors (Lipinski definition) is 1. The predicted octanol–water partition coefficient (Wildman–Crippen LogP) is 1.27. The Morgan fingerprint density at radius 3 is 2.18 bits per heavy atom. The molecule has 4 aliphatic rings. The smallest absolute Gasteiger partial charge is 0.0493 e. The molecule has 1 N–H and O–H groups in total. The van der Waals surface area contributed by atoms with Gasteiger partial charge in [-0.05, 0) is 54.3 Å². The van der Waals surface area contributed by atoms with Gasteiger partial charge < -0.3 is 5.11 Å². The van der Waals surface area contributed by atoms with Crippen LogP contribution in [0.4, 0.5) is 0 Å². The van der Waals surface area contributed by atoms with Gasteiger partial charge in [0.25, 0.3) is 0 Å². The summed E-state index contributed by atoms with van der Waals surface area (Å²) in [5, 5.41) is 9.44. The SMILES string of the molecule is OCC12CC(C3CC31)C1CC12. The van der Waals surface area contributed by atoms with Crippen molar-refractivity contribution in [1.29, 1.82) is 0 Å². The van der Waals surface area contributed by atoms with Gasteiger partial charge in [0.05, 0.1) is 0 Å². The van der Waals surface area contributed by atoms with Crippen LogP contribution in [0, 0.1) is 35.0 Å². The van der Waals surface area contributed by atoms with Crippen LogP contribution in [-0.4, -0.2) is 11.7 Å². The summed E-state index contributed by atoms with van der Waals surface area (Å²) in [6.45, 7) is 0.506. The summed E-state index contributed by atoms with van der Waals surface area (Å²) in [6.07, 6.45) is 4.34. The van der Waals surface area contributed by atoms with E-state index in [1.165, 1.54) is 19.3 Å². The molecule has 4 atom stereocenters. The zero-order chi connectivity index (χ0) is 7.22. The lowest BCUT2D eigenvalue weighted by Crippen LogP contribution is -2.26. The molecule has 0 radical (unpaired) electrons. The van der Waals surface area contributed by atoms with Crippen molar-refractivity contribution >= 4 is 0 Å². The van der Waals surface area contributed by atoms with Crippen LogP contribution >= 0.6 is 0 Å². The Kier molecular flexibility index (Phi) is 0.651. The van der Waals surface area contributed by atoms with Crippen LogP contribution in [0.3, 0.4) is 0 Å². The molecule has 4 aliphatic carbocycles. The van der Waals surface area contributed by atoms with E-state index in [9.17, 15) is 5.11 Å². The second kappa shape index (κ2) is 1.28. The number of aliphatic hydroxyl groups is 1. The largest absolute Gasteiger partial charge is 0.396 e. The Hall–Kier alpha value is -0.0400. The molecule has 0 saturated heterocycles. The van der Waals surface area contributed by atoms with Crippen LogP contribution in [0.25, 0.3) is 0 Å². The van der Waals surface area contributed by atoms with Crippen molar-refractivity contribution < 1.29 is 5.11 Å². The fourth-order valence-corrected chi connectivity index (χ4v) is 4.63. The van der Waals surface area contributed by atoms with Gasteiger partial charge >= 0.3 is 0 Å². The average Bonchev–Trinajstić information content (AvgIpc) is 2.91. The van der Waals surface area contributed by atoms with E-state index in [0.29, 0.717) is 12.0 Å². The third kappa shape index (κ3) is 0.395. The molecule has 2 bridgehead atoms. The maximum absolute atomic E-state index is 9.44. The van der Waals surface area contributed by atoms with Crippen LogP contribution in [0.2, 0.25) is 0 Å². The van der Waals surface area contributed by atoms with E-state index in [-0.39, 0.29) is 0 Å². The monoisotopic (exact) mass is 150 g/mol. The van der Waals surface area contributed by atoms with Crippen LogP contribution < -0.4 is 0 Å². The number of rotatable bonds is 1. The summed E-state index contributed by atoms with van der Waals surface area (Å²) < 4.78 is 0. The van der Waals surface area contributed by atoms with Crippen molar-refractivity contribution in [2.75, 3.05) is 6.61 Å². The van der Waals surface area contributed by atoms with Gasteiger partial charge in [-0.2, -0.15) is 0 Å². The molecular weight excluding hydrogens is 136 g/mol. The molecule has 0 heterocycles. The molecule has 11 heavy (non-hydrogen) atoms. The average molecular weight is 150 g/mol. The first-order chi connectivity index (χ1) is 5.37. The van der Waals surface area contributed by atoms with E-state index < -0.39 is 0 Å². The number of fused-ring (bicyclic) bond motifs is 8. The highest BCUT2D eigenvalue weighted by molar-refractivity contribution is 5.25. The third-order valence-corrected chi connectivity index (χ3v) is 5.17. The summed E-state index contributed by atoms with van der Waals surface area (Å²) in [7, 11) is 0. The first-order valence-electron chi connectivity index (χ1n) is 4.98. The van der Waals surface area contributed by atoms with Gasteiger partial charge in [-0.25, -0.2) is 0 Å². The molecule has 0 aliphatic heterocycles. The lowest BCUT2D eigenvalue weighted by molar-refractivity contribution is 0.0941. The van der Waals surface area contributed by atoms with Gasteiger partial charge in [0.2, 0.25) is 0 Å². The van der Waals surface area contributed by atoms with Crippen LogP contribution in [-0.2, 0) is 0 Å². The predicted molar refractivity (Wildman–Crippen MR) is 40.8 cm³/mol. The Balaban J connectivity index is 1.87. The summed E-state index contributed by atoms with van der Waals surface area (Å²) >= 11 is 0. The topological polar surface area (TPSA) is 20.2 Å². The van der Waals surface area contributed by atoms with Gasteiger partial charge in [0, 0.05) is 6.61 Å². The minimum Gasteiger partial charge on any atom is -0.396 e. The summed E-state index contributed by atoms with van der Waals surface area (Å²) in [5.74, 6) is 5.16. The molecule has 0 aromatic heterocycles. The molecule has 0 aromatic carbocycles. The highest BCUT2D eigenvalue weighted by atomic mass is 16.3. The van der Waals surface area contributed by atoms with Crippen LogP contribution in [0.1, 0.15) is 19.3 Å². The van der Waals surface area contributed by atoms with Crippen LogP contribution in [0.5, 0.6) is 0 Å². The normalized spacial score (nSPS) is 74.5. The van der Waals surface area contributed by atoms with Crippen molar-refractivity contribution in [2.45, 2.75) is 19.3 Å². The van der Waals surface area contributed by atoms with Crippen molar-refractivity contribution in [2.24, 2.45) is 35.0 Å². The van der Waals surface area contributed by atoms with Crippen molar-refractivity contribution in [3.8, 4) is 0 Å². The Bertz CT molecular complexity index is 217. The van der Waals surface area contributed by atoms with E-state index in [0.717, 1.165) is 29.6 Å². The van der Waals surface area contributed by atoms with Crippen molar-refractivity contribution in [1.82, 2.24) is 0 Å². The fourth-order valence-electron chi connectivity index (χ4n) is 4.63. The second-order valence-corrected chi connectivity index (χ2v) is 5.27. The van der Waals surface area contributed by atoms with E-state index in [2.05, 4.69) is 0 Å². The maximum Gasteiger partial charge on any atom is 0.0493 e. The molecule has 4 rings (SSSR count). The molecule has 0 spiro atoms. The standard InChI is InChI=1S/C10H14O/c11-4-10-3-7(5-1-8(5)10)6-2-9(6)10/h5-9,11H,1-4H2. The van der Waals surface area contributed by atoms with Gasteiger partial charge in [0.15, 0.2) is 0 Å². The Morgan fingerprint density at radius 2 is 1.73 bits per heavy atom. The molecule has 0 aromatic rings. The van der Waals surface area contributed by atoms with Gasteiger partial charge in [0.1, 0.15) is 0 Å². The molecule has 4 unspecified atom stereocenters. The zero-order valence-corrected chi connectivity index (χ0v) is 6.66. The first-order valence-corrected chi connectivity index (χ1v) is 4.98. The highest BCUT2D eigenvalue weighted by Crippen LogP contribution is 2.82. The van der Waals surface area contributed by atoms with E-state index in [1.807, 2.05) is 0 Å². The van der Waals surface area contributed by atoms with Crippen molar-refractivity contribution in [3.63, 3.8) is 0 Å². The lowest BCUT2D eigenvalue weighted by atomic mass is 9.80. The minimum atomic E-state index is 0.472. The van der Waals surface area contributed by atoms with Gasteiger partial charge in [-0.3, -0.25) is 0 Å². The van der Waals surface area contributed by atoms with E-state index >= 15 is 0 Å². The molecule has 1 nitrogen and oxygen atoms in total. The number of aliphatic hydroxyl groups excluding tert-OH is 1. The molecule has 1 heteroatoms. The fraction of sp³-hybridized carbons (Fsp3) is 1.00. The Labute approximate surface area is 66.8 Å². The maximum atomic E-state index is 9.44. The van der Waals surface area contributed by atoms with E-state index in [1.54, 1.807) is 0 Å². The first kappa shape index (κ1) is 5.58. The summed E-state index contributed by atoms with van der Waals surface area (Å²) in [6, 6.07) is 0. The Morgan fingerprint density at radius 1 is 1.09 bits per heavy atom. The van der Waals surface area contributed by atoms with Gasteiger partial charge in [-0.15, -0.1) is 0 Å². The third-order valence-electron chi connectivity index (χ3n) is 5.17. The highest BCUT2D eigenvalue weighted by Gasteiger charge is 2.77. The number of hydrogen-bond acceptors (Lipinski definition) is 1. The molecular formula is C10H14O. The summed E-state index contributed by atoms with van der Waals surface area (Å²) in [4.78, 5) is 0. The quantitative estimate of drug-likeness (QED) is 0.597.